The van der Waals surface area contributed by atoms with Crippen molar-refractivity contribution in [3.63, 3.8) is 0 Å². The van der Waals surface area contributed by atoms with Gasteiger partial charge in [0.2, 0.25) is 5.76 Å². The second-order valence-corrected chi connectivity index (χ2v) is 5.00. The summed E-state index contributed by atoms with van der Waals surface area (Å²) in [5, 5.41) is 10.9. The molecule has 18 heavy (non-hydrogen) atoms. The van der Waals surface area contributed by atoms with Gasteiger partial charge in [0.05, 0.1) is 12.0 Å². The molecule has 0 radical (unpaired) electrons. The predicted octanol–water partition coefficient (Wildman–Crippen LogP) is 1.78. The van der Waals surface area contributed by atoms with Gasteiger partial charge >= 0.3 is 0 Å². The first-order valence-electron chi connectivity index (χ1n) is 6.20. The highest BCUT2D eigenvalue weighted by molar-refractivity contribution is 5.49. The zero-order chi connectivity index (χ0) is 12.4. The standard InChI is InChI=1S/C13H17N3O2/c1-13(4-5-14-9-13)15-8-10-7-12(18-16-10)11-3-2-6-17-11/h2-3,6-7,14-15H,4-5,8-9H2,1H3. The number of nitrogens with zero attached hydrogens (tertiary/aromatic N) is 1. The highest BCUT2D eigenvalue weighted by atomic mass is 16.5. The Bertz CT molecular complexity index is 498. The number of nitrogens with one attached hydrogen (secondary N) is 2. The van der Waals surface area contributed by atoms with E-state index in [9.17, 15) is 0 Å². The minimum Gasteiger partial charge on any atom is -0.461 e. The summed E-state index contributed by atoms with van der Waals surface area (Å²) in [6.07, 6.45) is 2.76. The minimum atomic E-state index is 0.157. The Morgan fingerprint density at radius 1 is 1.50 bits per heavy atom. The SMILES string of the molecule is CC1(NCc2cc(-c3ccco3)on2)CCNC1. The first-order valence-corrected chi connectivity index (χ1v) is 6.20. The van der Waals surface area contributed by atoms with Gasteiger partial charge in [0, 0.05) is 24.7 Å². The molecule has 1 unspecified atom stereocenters. The van der Waals surface area contributed by atoms with Gasteiger partial charge in [-0.15, -0.1) is 0 Å². The molecule has 1 fully saturated rings. The lowest BCUT2D eigenvalue weighted by Gasteiger charge is -2.23. The second kappa shape index (κ2) is 4.59. The number of rotatable bonds is 4. The van der Waals surface area contributed by atoms with Crippen molar-refractivity contribution in [3.8, 4) is 11.5 Å². The van der Waals surface area contributed by atoms with Crippen LogP contribution < -0.4 is 10.6 Å². The summed E-state index contributed by atoms with van der Waals surface area (Å²) in [6, 6.07) is 5.61. The number of hydrogen-bond donors (Lipinski definition) is 2. The smallest absolute Gasteiger partial charge is 0.202 e. The lowest BCUT2D eigenvalue weighted by Crippen LogP contribution is -2.43. The lowest BCUT2D eigenvalue weighted by atomic mass is 10.0. The van der Waals surface area contributed by atoms with E-state index >= 15 is 0 Å². The van der Waals surface area contributed by atoms with Crippen LogP contribution in [-0.4, -0.2) is 23.8 Å². The lowest BCUT2D eigenvalue weighted by molar-refractivity contribution is 0.367. The summed E-state index contributed by atoms with van der Waals surface area (Å²) in [7, 11) is 0. The molecule has 2 aromatic rings. The van der Waals surface area contributed by atoms with Gasteiger partial charge in [-0.2, -0.15) is 0 Å². The van der Waals surface area contributed by atoms with Crippen LogP contribution in [0.2, 0.25) is 0 Å². The first-order chi connectivity index (χ1) is 8.75. The Morgan fingerprint density at radius 3 is 3.17 bits per heavy atom. The normalized spacial score (nSPS) is 23.6. The maximum absolute atomic E-state index is 5.27. The van der Waals surface area contributed by atoms with Gasteiger partial charge in [0.1, 0.15) is 0 Å². The fourth-order valence-electron chi connectivity index (χ4n) is 2.20. The molecule has 5 heteroatoms. The van der Waals surface area contributed by atoms with Crippen LogP contribution in [0, 0.1) is 0 Å². The molecule has 1 aliphatic rings. The van der Waals surface area contributed by atoms with E-state index < -0.39 is 0 Å². The van der Waals surface area contributed by atoms with E-state index in [-0.39, 0.29) is 5.54 Å². The van der Waals surface area contributed by atoms with Gasteiger partial charge in [0.25, 0.3) is 0 Å². The van der Waals surface area contributed by atoms with E-state index in [1.807, 2.05) is 18.2 Å². The van der Waals surface area contributed by atoms with Crippen LogP contribution in [0.1, 0.15) is 19.0 Å². The van der Waals surface area contributed by atoms with E-state index in [0.717, 1.165) is 25.2 Å². The van der Waals surface area contributed by atoms with Crippen molar-refractivity contribution < 1.29 is 8.94 Å². The molecule has 0 aliphatic carbocycles. The molecule has 1 aliphatic heterocycles. The fourth-order valence-corrected chi connectivity index (χ4v) is 2.20. The Balaban J connectivity index is 1.64. The average Bonchev–Trinajstić information content (AvgIpc) is 3.08. The van der Waals surface area contributed by atoms with Crippen molar-refractivity contribution in [1.29, 1.82) is 0 Å². The fraction of sp³-hybridized carbons (Fsp3) is 0.462. The van der Waals surface area contributed by atoms with Crippen LogP contribution >= 0.6 is 0 Å². The number of aromatic nitrogens is 1. The number of furan rings is 1. The first kappa shape index (κ1) is 11.5. The third kappa shape index (κ3) is 2.32. The zero-order valence-electron chi connectivity index (χ0n) is 10.4. The Kier molecular flexibility index (Phi) is 2.93. The van der Waals surface area contributed by atoms with E-state index in [2.05, 4.69) is 22.7 Å². The van der Waals surface area contributed by atoms with E-state index in [0.29, 0.717) is 18.1 Å². The molecule has 0 amide bonds. The predicted molar refractivity (Wildman–Crippen MR) is 66.9 cm³/mol. The van der Waals surface area contributed by atoms with Crippen molar-refractivity contribution in [2.45, 2.75) is 25.4 Å². The molecule has 0 saturated carbocycles. The average molecular weight is 247 g/mol. The van der Waals surface area contributed by atoms with Crippen LogP contribution in [0.15, 0.2) is 33.4 Å². The highest BCUT2D eigenvalue weighted by Crippen LogP contribution is 2.21. The molecule has 2 N–H and O–H groups in total. The van der Waals surface area contributed by atoms with Gasteiger partial charge in [-0.3, -0.25) is 0 Å². The Labute approximate surface area is 106 Å². The molecule has 0 bridgehead atoms. The molecular formula is C13H17N3O2. The van der Waals surface area contributed by atoms with E-state index in [1.165, 1.54) is 0 Å². The third-order valence-electron chi connectivity index (χ3n) is 3.39. The van der Waals surface area contributed by atoms with Crippen LogP contribution in [0.3, 0.4) is 0 Å². The molecular weight excluding hydrogens is 230 g/mol. The van der Waals surface area contributed by atoms with Crippen molar-refractivity contribution in [2.75, 3.05) is 13.1 Å². The monoisotopic (exact) mass is 247 g/mol. The molecule has 1 atom stereocenters. The maximum atomic E-state index is 5.27. The summed E-state index contributed by atoms with van der Waals surface area (Å²) in [5.74, 6) is 1.38. The summed E-state index contributed by atoms with van der Waals surface area (Å²) >= 11 is 0. The highest BCUT2D eigenvalue weighted by Gasteiger charge is 2.27. The quantitative estimate of drug-likeness (QED) is 0.862. The summed E-state index contributed by atoms with van der Waals surface area (Å²) < 4.78 is 10.5. The van der Waals surface area contributed by atoms with Crippen molar-refractivity contribution in [1.82, 2.24) is 15.8 Å². The van der Waals surface area contributed by atoms with Gasteiger partial charge in [0.15, 0.2) is 5.76 Å². The second-order valence-electron chi connectivity index (χ2n) is 5.00. The summed E-state index contributed by atoms with van der Waals surface area (Å²) in [6.45, 7) is 5.00. The largest absolute Gasteiger partial charge is 0.461 e. The maximum Gasteiger partial charge on any atom is 0.202 e. The molecule has 2 aromatic heterocycles. The minimum absolute atomic E-state index is 0.157. The van der Waals surface area contributed by atoms with E-state index in [4.69, 9.17) is 8.94 Å². The molecule has 3 heterocycles. The van der Waals surface area contributed by atoms with Crippen LogP contribution in [0.25, 0.3) is 11.5 Å². The van der Waals surface area contributed by atoms with Crippen LogP contribution in [0.5, 0.6) is 0 Å². The summed E-state index contributed by atoms with van der Waals surface area (Å²) in [5.41, 5.74) is 1.05. The van der Waals surface area contributed by atoms with Crippen molar-refractivity contribution in [2.24, 2.45) is 0 Å². The molecule has 96 valence electrons. The van der Waals surface area contributed by atoms with E-state index in [1.54, 1.807) is 6.26 Å². The van der Waals surface area contributed by atoms with Crippen LogP contribution in [0.4, 0.5) is 0 Å². The Morgan fingerprint density at radius 2 is 2.44 bits per heavy atom. The summed E-state index contributed by atoms with van der Waals surface area (Å²) in [4.78, 5) is 0. The zero-order valence-corrected chi connectivity index (χ0v) is 10.4. The number of hydrogen-bond acceptors (Lipinski definition) is 5. The van der Waals surface area contributed by atoms with Crippen molar-refractivity contribution in [3.05, 3.63) is 30.2 Å². The van der Waals surface area contributed by atoms with Gasteiger partial charge in [-0.05, 0) is 32.0 Å². The van der Waals surface area contributed by atoms with Crippen LogP contribution in [-0.2, 0) is 6.54 Å². The van der Waals surface area contributed by atoms with Gasteiger partial charge in [-0.25, -0.2) is 0 Å². The molecule has 0 spiro atoms. The van der Waals surface area contributed by atoms with Gasteiger partial charge in [-0.1, -0.05) is 5.16 Å². The topological polar surface area (TPSA) is 63.2 Å². The third-order valence-corrected chi connectivity index (χ3v) is 3.39. The Hall–Kier alpha value is -1.59. The van der Waals surface area contributed by atoms with Crippen molar-refractivity contribution >= 4 is 0 Å². The molecule has 5 nitrogen and oxygen atoms in total. The molecule has 1 saturated heterocycles. The molecule has 3 rings (SSSR count). The molecule has 0 aromatic carbocycles. The van der Waals surface area contributed by atoms with Gasteiger partial charge < -0.3 is 19.6 Å².